The highest BCUT2D eigenvalue weighted by Gasteiger charge is 2.32. The van der Waals surface area contributed by atoms with Crippen LogP contribution in [0.3, 0.4) is 0 Å². The summed E-state index contributed by atoms with van der Waals surface area (Å²) < 4.78 is 37.5. The van der Waals surface area contributed by atoms with E-state index in [1.807, 2.05) is 13.8 Å². The maximum absolute atomic E-state index is 12.5. The molecule has 2 nitrogen and oxygen atoms in total. The molecule has 1 aromatic heterocycles. The van der Waals surface area contributed by atoms with Gasteiger partial charge >= 0.3 is 6.18 Å². The zero-order valence-corrected chi connectivity index (χ0v) is 9.52. The molecular weight excluding hydrogens is 229 g/mol. The van der Waals surface area contributed by atoms with Crippen molar-refractivity contribution in [3.8, 4) is 0 Å². The van der Waals surface area contributed by atoms with Crippen LogP contribution >= 0.6 is 0 Å². The Labute approximate surface area is 96.6 Å². The van der Waals surface area contributed by atoms with E-state index in [-0.39, 0.29) is 0 Å². The average Bonchev–Trinajstić information content (AvgIpc) is 2.57. The van der Waals surface area contributed by atoms with E-state index in [1.165, 1.54) is 0 Å². The highest BCUT2D eigenvalue weighted by Crippen LogP contribution is 2.32. The fourth-order valence-electron chi connectivity index (χ4n) is 1.69. The molecule has 0 saturated carbocycles. The van der Waals surface area contributed by atoms with Gasteiger partial charge in [0.15, 0.2) is 0 Å². The standard InChI is InChI=1S/C12H13F3N2/c1-11(2,16)8-3-4-9-7(5-8)6-10(17-9)12(13,14)15/h3-6,17H,16H2,1-2H3. The first kappa shape index (κ1) is 12.0. The number of aromatic amines is 1. The Kier molecular flexibility index (Phi) is 2.47. The van der Waals surface area contributed by atoms with Crippen molar-refractivity contribution in [1.29, 1.82) is 0 Å². The molecule has 1 aromatic carbocycles. The number of hydrogen-bond acceptors (Lipinski definition) is 1. The molecule has 0 unspecified atom stereocenters. The number of hydrogen-bond donors (Lipinski definition) is 2. The largest absolute Gasteiger partial charge is 0.431 e. The maximum atomic E-state index is 12.5. The summed E-state index contributed by atoms with van der Waals surface area (Å²) in [6, 6.07) is 6.14. The monoisotopic (exact) mass is 242 g/mol. The van der Waals surface area contributed by atoms with Gasteiger partial charge in [-0.2, -0.15) is 13.2 Å². The number of H-pyrrole nitrogens is 1. The number of nitrogens with one attached hydrogen (secondary N) is 1. The number of rotatable bonds is 1. The molecule has 2 rings (SSSR count). The molecule has 0 bridgehead atoms. The molecule has 17 heavy (non-hydrogen) atoms. The number of benzene rings is 1. The summed E-state index contributed by atoms with van der Waals surface area (Å²) in [4.78, 5) is 2.35. The van der Waals surface area contributed by atoms with Crippen LogP contribution in [0.15, 0.2) is 24.3 Å². The molecule has 1 heterocycles. The molecule has 0 spiro atoms. The van der Waals surface area contributed by atoms with E-state index in [2.05, 4.69) is 4.98 Å². The second-order valence-electron chi connectivity index (χ2n) is 4.70. The molecule has 0 atom stereocenters. The lowest BCUT2D eigenvalue weighted by Gasteiger charge is -2.18. The van der Waals surface area contributed by atoms with Crippen LogP contribution in [0.1, 0.15) is 25.1 Å². The summed E-state index contributed by atoms with van der Waals surface area (Å²) in [6.07, 6.45) is -4.35. The number of halogens is 3. The summed E-state index contributed by atoms with van der Waals surface area (Å²) in [7, 11) is 0. The third-order valence-electron chi connectivity index (χ3n) is 2.67. The van der Waals surface area contributed by atoms with Gasteiger partial charge in [0.2, 0.25) is 0 Å². The van der Waals surface area contributed by atoms with E-state index in [0.717, 1.165) is 11.6 Å². The van der Waals surface area contributed by atoms with Gasteiger partial charge in [-0.3, -0.25) is 0 Å². The van der Waals surface area contributed by atoms with Crippen LogP contribution in [0.25, 0.3) is 10.9 Å². The van der Waals surface area contributed by atoms with Crippen LogP contribution in [0.2, 0.25) is 0 Å². The van der Waals surface area contributed by atoms with E-state index in [9.17, 15) is 13.2 Å². The molecule has 0 fully saturated rings. The molecule has 92 valence electrons. The molecule has 0 amide bonds. The van der Waals surface area contributed by atoms with E-state index < -0.39 is 17.4 Å². The first-order valence-corrected chi connectivity index (χ1v) is 5.17. The van der Waals surface area contributed by atoms with Crippen LogP contribution in [0, 0.1) is 0 Å². The van der Waals surface area contributed by atoms with Crippen molar-refractivity contribution in [3.05, 3.63) is 35.5 Å². The number of fused-ring (bicyclic) bond motifs is 1. The van der Waals surface area contributed by atoms with Gasteiger partial charge in [-0.05, 0) is 37.6 Å². The van der Waals surface area contributed by atoms with Crippen LogP contribution in [0.4, 0.5) is 13.2 Å². The summed E-state index contributed by atoms with van der Waals surface area (Å²) >= 11 is 0. The molecule has 0 aliphatic carbocycles. The first-order chi connectivity index (χ1) is 7.68. The lowest BCUT2D eigenvalue weighted by molar-refractivity contribution is -0.140. The third kappa shape index (κ3) is 2.29. The molecule has 0 radical (unpaired) electrons. The topological polar surface area (TPSA) is 41.8 Å². The van der Waals surface area contributed by atoms with Crippen molar-refractivity contribution in [2.75, 3.05) is 0 Å². The molecule has 5 heteroatoms. The summed E-state index contributed by atoms with van der Waals surface area (Å²) in [5, 5.41) is 0.522. The van der Waals surface area contributed by atoms with Gasteiger partial charge in [0.25, 0.3) is 0 Å². The van der Waals surface area contributed by atoms with E-state index in [1.54, 1.807) is 18.2 Å². The van der Waals surface area contributed by atoms with Gasteiger partial charge in [0.05, 0.1) is 0 Å². The molecule has 0 saturated heterocycles. The van der Waals surface area contributed by atoms with E-state index in [4.69, 9.17) is 5.73 Å². The van der Waals surface area contributed by atoms with Gasteiger partial charge in [-0.15, -0.1) is 0 Å². The van der Waals surface area contributed by atoms with Crippen molar-refractivity contribution < 1.29 is 13.2 Å². The summed E-state index contributed by atoms with van der Waals surface area (Å²) in [5.41, 5.74) is 5.87. The molecule has 0 aliphatic heterocycles. The Balaban J connectivity index is 2.56. The minimum atomic E-state index is -4.35. The second kappa shape index (κ2) is 3.50. The fourth-order valence-corrected chi connectivity index (χ4v) is 1.69. The fraction of sp³-hybridized carbons (Fsp3) is 0.333. The Morgan fingerprint density at radius 1 is 1.12 bits per heavy atom. The third-order valence-corrected chi connectivity index (χ3v) is 2.67. The van der Waals surface area contributed by atoms with E-state index >= 15 is 0 Å². The summed E-state index contributed by atoms with van der Waals surface area (Å²) in [6.45, 7) is 3.62. The zero-order valence-electron chi connectivity index (χ0n) is 9.52. The Morgan fingerprint density at radius 3 is 2.29 bits per heavy atom. The first-order valence-electron chi connectivity index (χ1n) is 5.17. The smallest absolute Gasteiger partial charge is 0.351 e. The lowest BCUT2D eigenvalue weighted by atomic mass is 9.95. The quantitative estimate of drug-likeness (QED) is 0.790. The van der Waals surface area contributed by atoms with Gasteiger partial charge in [-0.1, -0.05) is 6.07 Å². The summed E-state index contributed by atoms with van der Waals surface area (Å²) in [5.74, 6) is 0. The predicted octanol–water partition coefficient (Wildman–Crippen LogP) is 3.38. The molecular formula is C12H13F3N2. The Morgan fingerprint density at radius 2 is 1.76 bits per heavy atom. The lowest BCUT2D eigenvalue weighted by Crippen LogP contribution is -2.28. The molecule has 3 N–H and O–H groups in total. The van der Waals surface area contributed by atoms with Crippen LogP contribution < -0.4 is 5.73 Å². The van der Waals surface area contributed by atoms with E-state index in [0.29, 0.717) is 10.9 Å². The Hall–Kier alpha value is -1.49. The normalized spacial score (nSPS) is 13.3. The van der Waals surface area contributed by atoms with Crippen molar-refractivity contribution >= 4 is 10.9 Å². The van der Waals surface area contributed by atoms with Gasteiger partial charge in [0, 0.05) is 16.4 Å². The highest BCUT2D eigenvalue weighted by molar-refractivity contribution is 5.81. The second-order valence-corrected chi connectivity index (χ2v) is 4.70. The average molecular weight is 242 g/mol. The highest BCUT2D eigenvalue weighted by atomic mass is 19.4. The zero-order chi connectivity index (χ0) is 12.8. The predicted molar refractivity (Wildman–Crippen MR) is 60.5 cm³/mol. The SMILES string of the molecule is CC(C)(N)c1ccc2[nH]c(C(F)(F)F)cc2c1. The number of nitrogens with two attached hydrogens (primary N) is 1. The number of alkyl halides is 3. The molecule has 0 aliphatic rings. The van der Waals surface area contributed by atoms with Crippen molar-refractivity contribution in [2.45, 2.75) is 25.6 Å². The minimum absolute atomic E-state index is 0.463. The van der Waals surface area contributed by atoms with Crippen LogP contribution in [-0.2, 0) is 11.7 Å². The van der Waals surface area contributed by atoms with Crippen LogP contribution in [0.5, 0.6) is 0 Å². The Bertz CT molecular complexity index is 535. The molecule has 2 aromatic rings. The maximum Gasteiger partial charge on any atom is 0.431 e. The van der Waals surface area contributed by atoms with Crippen molar-refractivity contribution in [3.63, 3.8) is 0 Å². The van der Waals surface area contributed by atoms with Gasteiger partial charge in [-0.25, -0.2) is 0 Å². The van der Waals surface area contributed by atoms with Crippen LogP contribution in [-0.4, -0.2) is 4.98 Å². The van der Waals surface area contributed by atoms with Gasteiger partial charge in [0.1, 0.15) is 5.69 Å². The van der Waals surface area contributed by atoms with Crippen molar-refractivity contribution in [1.82, 2.24) is 4.98 Å². The number of aromatic nitrogens is 1. The van der Waals surface area contributed by atoms with Gasteiger partial charge < -0.3 is 10.7 Å². The minimum Gasteiger partial charge on any atom is -0.351 e. The van der Waals surface area contributed by atoms with Crippen molar-refractivity contribution in [2.24, 2.45) is 5.73 Å².